The average Bonchev–Trinajstić information content (AvgIpc) is 2.54. The van der Waals surface area contributed by atoms with E-state index in [1.54, 1.807) is 31.2 Å². The highest BCUT2D eigenvalue weighted by atomic mass is 16.2. The molecule has 2 amide bonds. The minimum atomic E-state index is -0.350. The highest BCUT2D eigenvalue weighted by Crippen LogP contribution is 2.18. The quantitative estimate of drug-likeness (QED) is 0.820. The van der Waals surface area contributed by atoms with Crippen molar-refractivity contribution in [1.82, 2.24) is 5.32 Å². The summed E-state index contributed by atoms with van der Waals surface area (Å²) >= 11 is 0. The first kappa shape index (κ1) is 18.5. The summed E-state index contributed by atoms with van der Waals surface area (Å²) in [5.74, 6) is -0.451. The Bertz CT molecular complexity index is 787. The van der Waals surface area contributed by atoms with Gasteiger partial charge < -0.3 is 10.6 Å². The normalized spacial score (nSPS) is 11.8. The number of carbonyl (C=O) groups excluding carboxylic acids is 2. The Hall–Kier alpha value is -2.88. The summed E-state index contributed by atoms with van der Waals surface area (Å²) in [5, 5.41) is 5.74. The van der Waals surface area contributed by atoms with Gasteiger partial charge in [0.2, 0.25) is 0 Å². The lowest BCUT2D eigenvalue weighted by atomic mass is 10.1. The van der Waals surface area contributed by atoms with Gasteiger partial charge in [-0.05, 0) is 51.5 Å². The largest absolute Gasteiger partial charge is 0.347 e. The van der Waals surface area contributed by atoms with E-state index in [4.69, 9.17) is 0 Å². The van der Waals surface area contributed by atoms with Gasteiger partial charge in [-0.15, -0.1) is 0 Å². The summed E-state index contributed by atoms with van der Waals surface area (Å²) in [7, 11) is 0. The zero-order chi connectivity index (χ0) is 18.4. The van der Waals surface area contributed by atoms with Crippen LogP contribution >= 0.6 is 0 Å². The molecule has 0 saturated carbocycles. The molecule has 0 radical (unpaired) electrons. The maximum absolute atomic E-state index is 12.5. The van der Waals surface area contributed by atoms with Crippen molar-refractivity contribution in [1.29, 1.82) is 0 Å². The fraction of sp³-hybridized carbons (Fsp3) is 0.238. The van der Waals surface area contributed by atoms with Crippen molar-refractivity contribution in [3.8, 4) is 0 Å². The Labute approximate surface area is 149 Å². The molecule has 0 saturated heterocycles. The molecule has 0 heterocycles. The van der Waals surface area contributed by atoms with Crippen molar-refractivity contribution in [2.24, 2.45) is 0 Å². The Balaban J connectivity index is 2.19. The minimum Gasteiger partial charge on any atom is -0.347 e. The third-order valence-corrected chi connectivity index (χ3v) is 3.45. The van der Waals surface area contributed by atoms with E-state index in [1.165, 1.54) is 0 Å². The lowest BCUT2D eigenvalue weighted by molar-refractivity contribution is -0.112. The Morgan fingerprint density at radius 2 is 1.52 bits per heavy atom. The second-order valence-electron chi connectivity index (χ2n) is 6.94. The van der Waals surface area contributed by atoms with E-state index in [2.05, 4.69) is 10.6 Å². The summed E-state index contributed by atoms with van der Waals surface area (Å²) in [5.41, 5.74) is 2.11. The number of hydrogen-bond acceptors (Lipinski definition) is 2. The second kappa shape index (κ2) is 7.79. The molecule has 4 heteroatoms. The molecule has 0 aromatic heterocycles. The van der Waals surface area contributed by atoms with Crippen LogP contribution in [0.4, 0.5) is 5.69 Å². The maximum Gasteiger partial charge on any atom is 0.253 e. The van der Waals surface area contributed by atoms with Crippen molar-refractivity contribution >= 4 is 23.6 Å². The summed E-state index contributed by atoms with van der Waals surface area (Å²) in [4.78, 5) is 24.9. The average molecular weight is 336 g/mol. The van der Waals surface area contributed by atoms with Gasteiger partial charge in [0, 0.05) is 11.1 Å². The van der Waals surface area contributed by atoms with Gasteiger partial charge >= 0.3 is 0 Å². The molecule has 0 aliphatic carbocycles. The Morgan fingerprint density at radius 1 is 0.920 bits per heavy atom. The highest BCUT2D eigenvalue weighted by molar-refractivity contribution is 6.10. The van der Waals surface area contributed by atoms with Crippen LogP contribution < -0.4 is 10.6 Å². The molecule has 0 spiro atoms. The van der Waals surface area contributed by atoms with Crippen molar-refractivity contribution in [2.75, 3.05) is 5.32 Å². The van der Waals surface area contributed by atoms with Crippen molar-refractivity contribution < 1.29 is 9.59 Å². The smallest absolute Gasteiger partial charge is 0.253 e. The zero-order valence-corrected chi connectivity index (χ0v) is 15.1. The molecule has 4 nitrogen and oxygen atoms in total. The molecular formula is C21H24N2O2. The standard InChI is InChI=1S/C21H24N2O2/c1-15(14-16-10-6-5-7-11-16)19(24)22-18-13-9-8-12-17(18)20(25)23-21(2,3)4/h5-14H,1-4H3,(H,22,24)(H,23,25)/b15-14+. The molecule has 0 aliphatic heterocycles. The topological polar surface area (TPSA) is 58.2 Å². The maximum atomic E-state index is 12.5. The van der Waals surface area contributed by atoms with E-state index >= 15 is 0 Å². The first-order valence-corrected chi connectivity index (χ1v) is 8.22. The minimum absolute atomic E-state index is 0.215. The number of nitrogens with one attached hydrogen (secondary N) is 2. The highest BCUT2D eigenvalue weighted by Gasteiger charge is 2.18. The molecule has 130 valence electrons. The van der Waals surface area contributed by atoms with Crippen LogP contribution in [0.1, 0.15) is 43.6 Å². The first-order valence-electron chi connectivity index (χ1n) is 8.22. The van der Waals surface area contributed by atoms with Gasteiger partial charge in [0.15, 0.2) is 0 Å². The van der Waals surface area contributed by atoms with E-state index in [9.17, 15) is 9.59 Å². The Morgan fingerprint density at radius 3 is 2.16 bits per heavy atom. The van der Waals surface area contributed by atoms with Crippen LogP contribution in [-0.4, -0.2) is 17.4 Å². The van der Waals surface area contributed by atoms with Gasteiger partial charge in [-0.2, -0.15) is 0 Å². The van der Waals surface area contributed by atoms with Gasteiger partial charge in [-0.25, -0.2) is 0 Å². The summed E-state index contributed by atoms with van der Waals surface area (Å²) in [6.45, 7) is 7.50. The Kier molecular flexibility index (Phi) is 5.75. The zero-order valence-electron chi connectivity index (χ0n) is 15.1. The van der Waals surface area contributed by atoms with Crippen molar-refractivity contribution in [3.63, 3.8) is 0 Å². The number of amides is 2. The molecule has 0 bridgehead atoms. The van der Waals surface area contributed by atoms with Crippen LogP contribution in [0.15, 0.2) is 60.2 Å². The molecule has 0 unspecified atom stereocenters. The van der Waals surface area contributed by atoms with Crippen LogP contribution in [0, 0.1) is 0 Å². The first-order chi connectivity index (χ1) is 11.8. The lowest BCUT2D eigenvalue weighted by Crippen LogP contribution is -2.40. The molecule has 0 fully saturated rings. The number of rotatable bonds is 4. The predicted molar refractivity (Wildman–Crippen MR) is 102 cm³/mol. The van der Waals surface area contributed by atoms with E-state index in [-0.39, 0.29) is 17.4 Å². The lowest BCUT2D eigenvalue weighted by Gasteiger charge is -2.21. The third kappa shape index (κ3) is 5.60. The van der Waals surface area contributed by atoms with Crippen LogP contribution in [0.5, 0.6) is 0 Å². The molecular weight excluding hydrogens is 312 g/mol. The monoisotopic (exact) mass is 336 g/mol. The molecule has 25 heavy (non-hydrogen) atoms. The van der Waals surface area contributed by atoms with E-state index in [0.29, 0.717) is 16.8 Å². The van der Waals surface area contributed by atoms with Gasteiger partial charge in [0.1, 0.15) is 0 Å². The molecule has 2 aromatic carbocycles. The van der Waals surface area contributed by atoms with Gasteiger partial charge in [0.25, 0.3) is 11.8 Å². The van der Waals surface area contributed by atoms with Crippen LogP contribution in [0.25, 0.3) is 6.08 Å². The number of anilines is 1. The number of benzene rings is 2. The number of para-hydroxylation sites is 1. The summed E-state index contributed by atoms with van der Waals surface area (Å²) in [6.07, 6.45) is 1.81. The number of hydrogen-bond donors (Lipinski definition) is 2. The van der Waals surface area contributed by atoms with Crippen molar-refractivity contribution in [3.05, 3.63) is 71.3 Å². The van der Waals surface area contributed by atoms with E-state index in [1.807, 2.05) is 57.2 Å². The van der Waals surface area contributed by atoms with Crippen LogP contribution in [0.2, 0.25) is 0 Å². The molecule has 2 N–H and O–H groups in total. The molecule has 2 rings (SSSR count). The molecule has 0 aliphatic rings. The molecule has 0 atom stereocenters. The van der Waals surface area contributed by atoms with Gasteiger partial charge in [0.05, 0.1) is 11.3 Å². The van der Waals surface area contributed by atoms with Crippen LogP contribution in [-0.2, 0) is 4.79 Å². The van der Waals surface area contributed by atoms with Crippen LogP contribution in [0.3, 0.4) is 0 Å². The van der Waals surface area contributed by atoms with Gasteiger partial charge in [-0.1, -0.05) is 42.5 Å². The van der Waals surface area contributed by atoms with Gasteiger partial charge in [-0.3, -0.25) is 9.59 Å². The number of carbonyl (C=O) groups is 2. The fourth-order valence-corrected chi connectivity index (χ4v) is 2.28. The van der Waals surface area contributed by atoms with E-state index < -0.39 is 0 Å². The SMILES string of the molecule is C/C(=C\c1ccccc1)C(=O)Nc1ccccc1C(=O)NC(C)(C)C. The molecule has 2 aromatic rings. The third-order valence-electron chi connectivity index (χ3n) is 3.45. The van der Waals surface area contributed by atoms with E-state index in [0.717, 1.165) is 5.56 Å². The fourth-order valence-electron chi connectivity index (χ4n) is 2.28. The second-order valence-corrected chi connectivity index (χ2v) is 6.94. The predicted octanol–water partition coefficient (Wildman–Crippen LogP) is 4.26. The summed E-state index contributed by atoms with van der Waals surface area (Å²) < 4.78 is 0. The summed E-state index contributed by atoms with van der Waals surface area (Å²) in [6, 6.07) is 16.6. The van der Waals surface area contributed by atoms with Crippen molar-refractivity contribution in [2.45, 2.75) is 33.2 Å².